The third-order valence-electron chi connectivity index (χ3n) is 2.02. The molecule has 74 valence electrons. The van der Waals surface area contributed by atoms with Crippen LogP contribution in [0.1, 0.15) is 12.8 Å². The van der Waals surface area contributed by atoms with Gasteiger partial charge < -0.3 is 10.1 Å². The number of fused-ring (bicyclic) bond motifs is 1. The minimum absolute atomic E-state index is 0.0249. The van der Waals surface area contributed by atoms with Crippen LogP contribution in [0.25, 0.3) is 0 Å². The average molecular weight is 212 g/mol. The van der Waals surface area contributed by atoms with Crippen molar-refractivity contribution in [1.29, 1.82) is 0 Å². The van der Waals surface area contributed by atoms with Gasteiger partial charge in [-0.3, -0.25) is 4.79 Å². The number of rotatable bonds is 0. The van der Waals surface area contributed by atoms with E-state index in [1.54, 1.807) is 18.2 Å². The van der Waals surface area contributed by atoms with Crippen molar-refractivity contribution >= 4 is 23.2 Å². The molecule has 0 bridgehead atoms. The number of nitrogens with one attached hydrogen (secondary N) is 1. The topological polar surface area (TPSA) is 38.3 Å². The largest absolute Gasteiger partial charge is 0.491 e. The molecule has 0 saturated carbocycles. The van der Waals surface area contributed by atoms with Crippen molar-refractivity contribution in [3.63, 3.8) is 0 Å². The molecule has 1 aromatic rings. The van der Waals surface area contributed by atoms with Gasteiger partial charge in [0.25, 0.3) is 0 Å². The quantitative estimate of drug-likeness (QED) is 0.716. The van der Waals surface area contributed by atoms with E-state index in [2.05, 4.69) is 5.32 Å². The van der Waals surface area contributed by atoms with Crippen molar-refractivity contribution in [2.45, 2.75) is 12.8 Å². The third-order valence-corrected chi connectivity index (χ3v) is 2.26. The molecule has 0 saturated heterocycles. The molecule has 3 nitrogen and oxygen atoms in total. The van der Waals surface area contributed by atoms with Crippen molar-refractivity contribution < 1.29 is 9.53 Å². The molecule has 1 aliphatic heterocycles. The predicted molar refractivity (Wildman–Crippen MR) is 54.8 cm³/mol. The molecule has 1 heterocycles. The van der Waals surface area contributed by atoms with Crippen molar-refractivity contribution in [2.75, 3.05) is 11.9 Å². The van der Waals surface area contributed by atoms with Crippen LogP contribution in [0.4, 0.5) is 5.69 Å². The second-order valence-electron chi connectivity index (χ2n) is 3.14. The zero-order chi connectivity index (χ0) is 9.97. The van der Waals surface area contributed by atoms with Crippen LogP contribution in [0.5, 0.6) is 5.75 Å². The molecular weight excluding hydrogens is 202 g/mol. The smallest absolute Gasteiger partial charge is 0.224 e. The van der Waals surface area contributed by atoms with Gasteiger partial charge in [0.15, 0.2) is 0 Å². The number of anilines is 1. The highest BCUT2D eigenvalue weighted by atomic mass is 35.5. The highest BCUT2D eigenvalue weighted by molar-refractivity contribution is 6.30. The molecule has 1 aromatic carbocycles. The summed E-state index contributed by atoms with van der Waals surface area (Å²) in [5.41, 5.74) is 0.694. The van der Waals surface area contributed by atoms with Gasteiger partial charge >= 0.3 is 0 Å². The second kappa shape index (κ2) is 3.88. The Balaban J connectivity index is 2.34. The van der Waals surface area contributed by atoms with E-state index in [9.17, 15) is 4.79 Å². The van der Waals surface area contributed by atoms with Crippen LogP contribution in [0.15, 0.2) is 18.2 Å². The van der Waals surface area contributed by atoms with Crippen LogP contribution >= 0.6 is 11.6 Å². The molecule has 0 fully saturated rings. The predicted octanol–water partition coefficient (Wildman–Crippen LogP) is 2.45. The maximum absolute atomic E-state index is 11.3. The van der Waals surface area contributed by atoms with E-state index < -0.39 is 0 Å². The Hall–Kier alpha value is -1.22. The van der Waals surface area contributed by atoms with Crippen LogP contribution in [0.3, 0.4) is 0 Å². The minimum atomic E-state index is 0.0249. The number of benzene rings is 1. The van der Waals surface area contributed by atoms with Gasteiger partial charge in [-0.05, 0) is 18.6 Å². The summed E-state index contributed by atoms with van der Waals surface area (Å²) < 4.78 is 5.46. The third kappa shape index (κ3) is 1.99. The van der Waals surface area contributed by atoms with Gasteiger partial charge in [-0.15, -0.1) is 0 Å². The van der Waals surface area contributed by atoms with Crippen LogP contribution < -0.4 is 10.1 Å². The summed E-state index contributed by atoms with van der Waals surface area (Å²) in [5.74, 6) is 0.669. The van der Waals surface area contributed by atoms with Crippen molar-refractivity contribution in [3.8, 4) is 5.75 Å². The van der Waals surface area contributed by atoms with Gasteiger partial charge in [-0.25, -0.2) is 0 Å². The first-order chi connectivity index (χ1) is 6.75. The van der Waals surface area contributed by atoms with Crippen molar-refractivity contribution in [3.05, 3.63) is 23.2 Å². The van der Waals surface area contributed by atoms with Crippen LogP contribution in [-0.4, -0.2) is 12.5 Å². The summed E-state index contributed by atoms with van der Waals surface area (Å²) in [4.78, 5) is 11.3. The van der Waals surface area contributed by atoms with Crippen LogP contribution in [-0.2, 0) is 4.79 Å². The van der Waals surface area contributed by atoms with Gasteiger partial charge in [0.2, 0.25) is 5.91 Å². The molecule has 0 radical (unpaired) electrons. The maximum atomic E-state index is 11.3. The number of ether oxygens (including phenoxy) is 1. The lowest BCUT2D eigenvalue weighted by molar-refractivity contribution is -0.116. The Morgan fingerprint density at radius 3 is 3.14 bits per heavy atom. The molecule has 14 heavy (non-hydrogen) atoms. The Labute approximate surface area is 87.0 Å². The minimum Gasteiger partial charge on any atom is -0.491 e. The first-order valence-corrected chi connectivity index (χ1v) is 4.86. The number of halogens is 1. The molecule has 1 N–H and O–H groups in total. The molecule has 0 spiro atoms. The van der Waals surface area contributed by atoms with E-state index in [-0.39, 0.29) is 5.91 Å². The fourth-order valence-electron chi connectivity index (χ4n) is 1.35. The molecule has 0 atom stereocenters. The molecule has 1 amide bonds. The van der Waals surface area contributed by atoms with Gasteiger partial charge in [0, 0.05) is 17.5 Å². The fourth-order valence-corrected chi connectivity index (χ4v) is 1.51. The van der Waals surface area contributed by atoms with Gasteiger partial charge in [-0.1, -0.05) is 11.6 Å². The number of carbonyl (C=O) groups excluding carboxylic acids is 1. The monoisotopic (exact) mass is 211 g/mol. The normalized spacial score (nSPS) is 15.9. The molecule has 1 aliphatic rings. The van der Waals surface area contributed by atoms with Gasteiger partial charge in [0.1, 0.15) is 5.75 Å². The van der Waals surface area contributed by atoms with E-state index >= 15 is 0 Å². The lowest BCUT2D eigenvalue weighted by atomic mass is 10.2. The summed E-state index contributed by atoms with van der Waals surface area (Å²) in [7, 11) is 0. The Bertz CT molecular complexity index is 365. The zero-order valence-electron chi connectivity index (χ0n) is 7.55. The lowest BCUT2D eigenvalue weighted by Gasteiger charge is -2.15. The number of amides is 1. The number of carbonyl (C=O) groups is 1. The SMILES string of the molecule is O=C1CCCOc2cc(Cl)ccc2N1. The molecular formula is C10H10ClNO2. The molecule has 2 rings (SSSR count). The van der Waals surface area contributed by atoms with Crippen LogP contribution in [0.2, 0.25) is 5.02 Å². The lowest BCUT2D eigenvalue weighted by Crippen LogP contribution is -2.16. The van der Waals surface area contributed by atoms with Crippen LogP contribution in [0, 0.1) is 0 Å². The van der Waals surface area contributed by atoms with Gasteiger partial charge in [-0.2, -0.15) is 0 Å². The average Bonchev–Trinajstić information content (AvgIpc) is 2.13. The molecule has 0 aliphatic carbocycles. The zero-order valence-corrected chi connectivity index (χ0v) is 8.30. The molecule has 4 heteroatoms. The summed E-state index contributed by atoms with van der Waals surface area (Å²) in [6, 6.07) is 5.19. The summed E-state index contributed by atoms with van der Waals surface area (Å²) in [5, 5.41) is 3.38. The molecule has 0 aromatic heterocycles. The van der Waals surface area contributed by atoms with E-state index in [0.29, 0.717) is 29.5 Å². The van der Waals surface area contributed by atoms with E-state index in [1.807, 2.05) is 0 Å². The maximum Gasteiger partial charge on any atom is 0.224 e. The summed E-state index contributed by atoms with van der Waals surface area (Å²) >= 11 is 5.81. The highest BCUT2D eigenvalue weighted by Gasteiger charge is 2.11. The Morgan fingerprint density at radius 2 is 2.29 bits per heavy atom. The first kappa shape index (κ1) is 9.34. The standard InChI is InChI=1S/C10H10ClNO2/c11-7-3-4-8-9(6-7)14-5-1-2-10(13)12-8/h3-4,6H,1-2,5H2,(H,12,13). The fraction of sp³-hybridized carbons (Fsp3) is 0.300. The van der Waals surface area contributed by atoms with Gasteiger partial charge in [0.05, 0.1) is 12.3 Å². The molecule has 0 unspecified atom stereocenters. The Kier molecular flexibility index (Phi) is 2.59. The Morgan fingerprint density at radius 1 is 1.43 bits per heavy atom. The summed E-state index contributed by atoms with van der Waals surface area (Å²) in [6.45, 7) is 0.556. The van der Waals surface area contributed by atoms with E-state index in [0.717, 1.165) is 6.42 Å². The van der Waals surface area contributed by atoms with E-state index in [1.165, 1.54) is 0 Å². The number of hydrogen-bond donors (Lipinski definition) is 1. The first-order valence-electron chi connectivity index (χ1n) is 4.48. The van der Waals surface area contributed by atoms with Crippen molar-refractivity contribution in [2.24, 2.45) is 0 Å². The summed E-state index contributed by atoms with van der Waals surface area (Å²) in [6.07, 6.45) is 1.24. The number of hydrogen-bond acceptors (Lipinski definition) is 2. The van der Waals surface area contributed by atoms with Crippen molar-refractivity contribution in [1.82, 2.24) is 0 Å². The highest BCUT2D eigenvalue weighted by Crippen LogP contribution is 2.29. The second-order valence-corrected chi connectivity index (χ2v) is 3.58. The van der Waals surface area contributed by atoms with E-state index in [4.69, 9.17) is 16.3 Å².